The van der Waals surface area contributed by atoms with E-state index in [1.54, 1.807) is 0 Å². The molecule has 0 fully saturated rings. The lowest BCUT2D eigenvalue weighted by Crippen LogP contribution is -2.28. The second-order valence-corrected chi connectivity index (χ2v) is 4.58. The number of nitrogens with zero attached hydrogens (tertiary/aromatic N) is 1. The van der Waals surface area contributed by atoms with Crippen LogP contribution in [0.15, 0.2) is 59.6 Å². The van der Waals surface area contributed by atoms with E-state index >= 15 is 0 Å². The number of aliphatic hydroxyl groups excluding tert-OH is 1. The van der Waals surface area contributed by atoms with Crippen molar-refractivity contribution in [3.63, 3.8) is 0 Å². The third kappa shape index (κ3) is 2.21. The van der Waals surface area contributed by atoms with Crippen molar-refractivity contribution in [1.29, 1.82) is 0 Å². The number of para-hydroxylation sites is 1. The first kappa shape index (κ1) is 12.6. The number of hydrogen-bond donors (Lipinski definition) is 2. The smallest absolute Gasteiger partial charge is 0.251 e. The molecule has 3 rings (SSSR count). The monoisotopic (exact) mass is 266 g/mol. The van der Waals surface area contributed by atoms with Gasteiger partial charge in [-0.05, 0) is 6.07 Å². The number of fused-ring (bicyclic) bond motifs is 1. The van der Waals surface area contributed by atoms with Gasteiger partial charge < -0.3 is 10.4 Å². The van der Waals surface area contributed by atoms with E-state index in [9.17, 15) is 9.90 Å². The van der Waals surface area contributed by atoms with Crippen molar-refractivity contribution < 1.29 is 9.90 Å². The number of hydrogen-bond acceptors (Lipinski definition) is 3. The highest BCUT2D eigenvalue weighted by molar-refractivity contribution is 6.19. The van der Waals surface area contributed by atoms with E-state index in [1.165, 1.54) is 0 Å². The van der Waals surface area contributed by atoms with E-state index < -0.39 is 6.04 Å². The molecule has 0 radical (unpaired) electrons. The molecule has 0 spiro atoms. The fourth-order valence-corrected chi connectivity index (χ4v) is 2.25. The maximum atomic E-state index is 12.0. The Hall–Kier alpha value is -2.46. The van der Waals surface area contributed by atoms with E-state index in [1.807, 2.05) is 54.6 Å². The summed E-state index contributed by atoms with van der Waals surface area (Å²) in [5, 5.41) is 12.2. The van der Waals surface area contributed by atoms with Crippen molar-refractivity contribution in [2.75, 3.05) is 11.9 Å². The molecule has 2 N–H and O–H groups in total. The van der Waals surface area contributed by atoms with Crippen LogP contribution < -0.4 is 5.32 Å². The van der Waals surface area contributed by atoms with Gasteiger partial charge in [0.1, 0.15) is 0 Å². The highest BCUT2D eigenvalue weighted by atomic mass is 16.3. The minimum atomic E-state index is -0.780. The summed E-state index contributed by atoms with van der Waals surface area (Å²) in [7, 11) is 0. The quantitative estimate of drug-likeness (QED) is 0.871. The van der Waals surface area contributed by atoms with Gasteiger partial charge in [-0.15, -0.1) is 0 Å². The van der Waals surface area contributed by atoms with Crippen LogP contribution in [0, 0.1) is 0 Å². The topological polar surface area (TPSA) is 61.7 Å². The maximum absolute atomic E-state index is 12.0. The minimum absolute atomic E-state index is 0.286. The van der Waals surface area contributed by atoms with Gasteiger partial charge in [0, 0.05) is 11.1 Å². The minimum Gasteiger partial charge on any atom is -0.394 e. The Kier molecular flexibility index (Phi) is 3.31. The third-order valence-corrected chi connectivity index (χ3v) is 3.25. The van der Waals surface area contributed by atoms with Gasteiger partial charge in [0.25, 0.3) is 5.91 Å². The SMILES string of the molecule is O=C1Nc2ccccc2C(c2ccccc2)=N[C@H]1CO. The second-order valence-electron chi connectivity index (χ2n) is 4.58. The maximum Gasteiger partial charge on any atom is 0.251 e. The van der Waals surface area contributed by atoms with Crippen LogP contribution >= 0.6 is 0 Å². The van der Waals surface area contributed by atoms with Gasteiger partial charge in [0.15, 0.2) is 6.04 Å². The summed E-state index contributed by atoms with van der Waals surface area (Å²) >= 11 is 0. The molecule has 100 valence electrons. The van der Waals surface area contributed by atoms with Gasteiger partial charge >= 0.3 is 0 Å². The zero-order valence-electron chi connectivity index (χ0n) is 10.8. The molecule has 0 unspecified atom stereocenters. The van der Waals surface area contributed by atoms with Gasteiger partial charge in [0.05, 0.1) is 18.0 Å². The Labute approximate surface area is 116 Å². The molecule has 1 amide bonds. The van der Waals surface area contributed by atoms with Crippen molar-refractivity contribution in [2.45, 2.75) is 6.04 Å². The van der Waals surface area contributed by atoms with E-state index in [2.05, 4.69) is 10.3 Å². The van der Waals surface area contributed by atoms with Crippen molar-refractivity contribution in [1.82, 2.24) is 0 Å². The number of carbonyl (C=O) groups excluding carboxylic acids is 1. The molecule has 1 aliphatic rings. The summed E-state index contributed by atoms with van der Waals surface area (Å²) < 4.78 is 0. The lowest BCUT2D eigenvalue weighted by atomic mass is 10.0. The molecule has 0 bridgehead atoms. The van der Waals surface area contributed by atoms with Crippen LogP contribution in [0.3, 0.4) is 0 Å². The molecule has 2 aromatic rings. The first-order chi connectivity index (χ1) is 9.79. The molecule has 2 aromatic carbocycles. The predicted octanol–water partition coefficient (Wildman–Crippen LogP) is 1.84. The van der Waals surface area contributed by atoms with E-state index in [-0.39, 0.29) is 12.5 Å². The molecule has 4 nitrogen and oxygen atoms in total. The summed E-state index contributed by atoms with van der Waals surface area (Å²) in [5.74, 6) is -0.286. The molecule has 1 atom stereocenters. The standard InChI is InChI=1S/C16H14N2O2/c19-10-14-16(20)18-13-9-5-4-8-12(13)15(17-14)11-6-2-1-3-7-11/h1-9,14,19H,10H2,(H,18,20)/t14-/m0/s1. The molecule has 0 aliphatic carbocycles. The number of amides is 1. The Morgan fingerprint density at radius 2 is 1.75 bits per heavy atom. The lowest BCUT2D eigenvalue weighted by molar-refractivity contribution is -0.118. The Morgan fingerprint density at radius 3 is 2.50 bits per heavy atom. The van der Waals surface area contributed by atoms with E-state index in [0.29, 0.717) is 0 Å². The van der Waals surface area contributed by atoms with Crippen LogP contribution in [0.2, 0.25) is 0 Å². The summed E-state index contributed by atoms with van der Waals surface area (Å²) in [6.07, 6.45) is 0. The number of benzodiazepines with no additional fused rings is 1. The van der Waals surface area contributed by atoms with Gasteiger partial charge in [-0.3, -0.25) is 9.79 Å². The number of nitrogens with one attached hydrogen (secondary N) is 1. The first-order valence-electron chi connectivity index (χ1n) is 6.44. The number of rotatable bonds is 2. The Bertz CT molecular complexity index is 665. The van der Waals surface area contributed by atoms with Crippen LogP contribution in [-0.2, 0) is 4.79 Å². The normalized spacial score (nSPS) is 17.8. The van der Waals surface area contributed by atoms with Gasteiger partial charge in [0.2, 0.25) is 0 Å². The van der Waals surface area contributed by atoms with Crippen LogP contribution in [0.5, 0.6) is 0 Å². The van der Waals surface area contributed by atoms with Crippen LogP contribution in [0.25, 0.3) is 0 Å². The fraction of sp³-hybridized carbons (Fsp3) is 0.125. The summed E-state index contributed by atoms with van der Waals surface area (Å²) in [4.78, 5) is 16.4. The molecule has 4 heteroatoms. The molecular formula is C16H14N2O2. The summed E-state index contributed by atoms with van der Waals surface area (Å²) in [6, 6.07) is 16.4. The van der Waals surface area contributed by atoms with E-state index in [4.69, 9.17) is 0 Å². The average Bonchev–Trinajstić information content (AvgIpc) is 2.64. The number of benzene rings is 2. The zero-order chi connectivity index (χ0) is 13.9. The molecule has 1 aliphatic heterocycles. The molecule has 0 saturated carbocycles. The number of anilines is 1. The highest BCUT2D eigenvalue weighted by Gasteiger charge is 2.24. The molecule has 20 heavy (non-hydrogen) atoms. The van der Waals surface area contributed by atoms with E-state index in [0.717, 1.165) is 22.5 Å². The van der Waals surface area contributed by atoms with Crippen molar-refractivity contribution in [3.8, 4) is 0 Å². The molecule has 0 aromatic heterocycles. The van der Waals surface area contributed by atoms with Crippen molar-refractivity contribution in [3.05, 3.63) is 65.7 Å². The van der Waals surface area contributed by atoms with Crippen LogP contribution in [-0.4, -0.2) is 29.4 Å². The summed E-state index contributed by atoms with van der Waals surface area (Å²) in [6.45, 7) is -0.309. The highest BCUT2D eigenvalue weighted by Crippen LogP contribution is 2.23. The third-order valence-electron chi connectivity index (χ3n) is 3.25. The Morgan fingerprint density at radius 1 is 1.05 bits per heavy atom. The molecule has 1 heterocycles. The average molecular weight is 266 g/mol. The van der Waals surface area contributed by atoms with Crippen LogP contribution in [0.4, 0.5) is 5.69 Å². The van der Waals surface area contributed by atoms with Crippen LogP contribution in [0.1, 0.15) is 11.1 Å². The van der Waals surface area contributed by atoms with Gasteiger partial charge in [-0.2, -0.15) is 0 Å². The van der Waals surface area contributed by atoms with Crippen molar-refractivity contribution in [2.24, 2.45) is 4.99 Å². The lowest BCUT2D eigenvalue weighted by Gasteiger charge is -2.09. The zero-order valence-corrected chi connectivity index (χ0v) is 10.8. The second kappa shape index (κ2) is 5.27. The Balaban J connectivity index is 2.20. The first-order valence-corrected chi connectivity index (χ1v) is 6.44. The molecular weight excluding hydrogens is 252 g/mol. The largest absolute Gasteiger partial charge is 0.394 e. The summed E-state index contributed by atoms with van der Waals surface area (Å²) in [5.41, 5.74) is 3.23. The molecule has 0 saturated heterocycles. The fourth-order valence-electron chi connectivity index (χ4n) is 2.25. The van der Waals surface area contributed by atoms with Gasteiger partial charge in [-0.25, -0.2) is 0 Å². The number of carbonyl (C=O) groups is 1. The number of aliphatic hydroxyl groups is 1. The predicted molar refractivity (Wildman–Crippen MR) is 78.0 cm³/mol. The number of aliphatic imine (C=N–C) groups is 1. The van der Waals surface area contributed by atoms with Crippen molar-refractivity contribution >= 4 is 17.3 Å². The van der Waals surface area contributed by atoms with Gasteiger partial charge in [-0.1, -0.05) is 48.5 Å².